The van der Waals surface area contributed by atoms with Crippen molar-refractivity contribution in [3.05, 3.63) is 33.6 Å². The fraction of sp³-hybridized carbons (Fsp3) is 0.333. The molecule has 1 fully saturated rings. The minimum absolute atomic E-state index is 0.0598. The van der Waals surface area contributed by atoms with Crippen molar-refractivity contribution in [2.24, 2.45) is 0 Å². The maximum atomic E-state index is 14.0. The van der Waals surface area contributed by atoms with E-state index in [0.29, 0.717) is 6.07 Å². The molecule has 1 aromatic rings. The van der Waals surface area contributed by atoms with Crippen LogP contribution in [0.4, 0.5) is 15.8 Å². The van der Waals surface area contributed by atoms with Crippen molar-refractivity contribution < 1.29 is 24.0 Å². The lowest BCUT2D eigenvalue weighted by molar-refractivity contribution is -0.385. The average molecular weight is 295 g/mol. The van der Waals surface area contributed by atoms with Crippen LogP contribution in [0.3, 0.4) is 0 Å². The molecule has 21 heavy (non-hydrogen) atoms. The summed E-state index contributed by atoms with van der Waals surface area (Å²) in [5.74, 6) is -2.43. The van der Waals surface area contributed by atoms with Crippen LogP contribution < -0.4 is 4.90 Å². The molecule has 1 atom stereocenters. The molecule has 110 valence electrons. The summed E-state index contributed by atoms with van der Waals surface area (Å²) in [6.07, 6.45) is -0.762. The lowest BCUT2D eigenvalue weighted by atomic mass is 10.1. The number of carboxylic acids is 1. The molecule has 1 N–H and O–H groups in total. The average Bonchev–Trinajstić information content (AvgIpc) is 2.46. The highest BCUT2D eigenvalue weighted by molar-refractivity contribution is 5.93. The number of rotatable bonds is 3. The lowest BCUT2D eigenvalue weighted by Gasteiger charge is -2.31. The highest BCUT2D eigenvalue weighted by atomic mass is 19.1. The minimum Gasteiger partial charge on any atom is -0.477 e. The number of nitro groups is 1. The van der Waals surface area contributed by atoms with E-state index >= 15 is 0 Å². The molecule has 0 amide bonds. The number of anilines is 1. The van der Waals surface area contributed by atoms with Gasteiger partial charge in [-0.05, 0) is 6.07 Å². The summed E-state index contributed by atoms with van der Waals surface area (Å²) in [6.45, 7) is 0.493. The Morgan fingerprint density at radius 3 is 2.90 bits per heavy atom. The third kappa shape index (κ3) is 2.90. The van der Waals surface area contributed by atoms with E-state index in [1.807, 2.05) is 6.07 Å². The van der Waals surface area contributed by atoms with E-state index in [9.17, 15) is 19.3 Å². The molecule has 1 unspecified atom stereocenters. The molecular weight excluding hydrogens is 285 g/mol. The second-order valence-corrected chi connectivity index (χ2v) is 4.32. The largest absolute Gasteiger partial charge is 0.477 e. The molecule has 0 aromatic heterocycles. The lowest BCUT2D eigenvalue weighted by Crippen LogP contribution is -2.42. The van der Waals surface area contributed by atoms with E-state index in [1.165, 1.54) is 4.90 Å². The molecule has 0 radical (unpaired) electrons. The van der Waals surface area contributed by atoms with Crippen LogP contribution in [-0.2, 0) is 4.74 Å². The summed E-state index contributed by atoms with van der Waals surface area (Å²) in [6, 6.07) is 3.37. The van der Waals surface area contributed by atoms with E-state index in [0.717, 1.165) is 6.07 Å². The molecule has 0 aliphatic carbocycles. The van der Waals surface area contributed by atoms with Crippen LogP contribution >= 0.6 is 0 Å². The van der Waals surface area contributed by atoms with Gasteiger partial charge in [-0.3, -0.25) is 10.1 Å². The Morgan fingerprint density at radius 2 is 2.33 bits per heavy atom. The van der Waals surface area contributed by atoms with Gasteiger partial charge in [0.05, 0.1) is 35.9 Å². The smallest absolute Gasteiger partial charge is 0.342 e. The first-order valence-corrected chi connectivity index (χ1v) is 5.91. The van der Waals surface area contributed by atoms with Crippen molar-refractivity contribution in [2.75, 3.05) is 24.6 Å². The van der Waals surface area contributed by atoms with Crippen molar-refractivity contribution in [1.29, 1.82) is 5.26 Å². The molecule has 0 spiro atoms. The normalized spacial score (nSPS) is 18.1. The fourth-order valence-corrected chi connectivity index (χ4v) is 2.06. The van der Waals surface area contributed by atoms with Gasteiger partial charge in [-0.25, -0.2) is 9.18 Å². The Morgan fingerprint density at radius 1 is 1.62 bits per heavy atom. The van der Waals surface area contributed by atoms with Gasteiger partial charge in [0.15, 0.2) is 11.9 Å². The van der Waals surface area contributed by atoms with Crippen LogP contribution in [0, 0.1) is 27.3 Å². The summed E-state index contributed by atoms with van der Waals surface area (Å²) in [4.78, 5) is 22.3. The van der Waals surface area contributed by atoms with Gasteiger partial charge < -0.3 is 14.7 Å². The number of nitrogens with zero attached hydrogens (tertiary/aromatic N) is 3. The SMILES string of the molecule is N#CC1CN(c2cc(C(=O)O)c([N+](=O)[O-])cc2F)CCO1. The second kappa shape index (κ2) is 5.72. The van der Waals surface area contributed by atoms with E-state index in [2.05, 4.69) is 0 Å². The first-order valence-electron chi connectivity index (χ1n) is 5.91. The molecule has 1 heterocycles. The van der Waals surface area contributed by atoms with E-state index in [1.54, 1.807) is 0 Å². The number of carbonyl (C=O) groups is 1. The zero-order valence-corrected chi connectivity index (χ0v) is 10.7. The van der Waals surface area contributed by atoms with Gasteiger partial charge >= 0.3 is 5.97 Å². The second-order valence-electron chi connectivity index (χ2n) is 4.32. The van der Waals surface area contributed by atoms with Crippen molar-refractivity contribution in [3.63, 3.8) is 0 Å². The minimum atomic E-state index is -1.52. The molecule has 1 aromatic carbocycles. The summed E-state index contributed by atoms with van der Waals surface area (Å²) in [7, 11) is 0. The van der Waals surface area contributed by atoms with Gasteiger partial charge in [0.1, 0.15) is 5.56 Å². The number of carboxylic acid groups (broad SMARTS) is 1. The summed E-state index contributed by atoms with van der Waals surface area (Å²) in [5.41, 5.74) is -1.51. The van der Waals surface area contributed by atoms with Crippen LogP contribution in [0.25, 0.3) is 0 Å². The highest BCUT2D eigenvalue weighted by Gasteiger charge is 2.28. The maximum absolute atomic E-state index is 14.0. The molecule has 9 heteroatoms. The van der Waals surface area contributed by atoms with Gasteiger partial charge in [-0.15, -0.1) is 0 Å². The number of halogens is 1. The summed E-state index contributed by atoms with van der Waals surface area (Å²) < 4.78 is 19.1. The number of benzene rings is 1. The molecule has 0 bridgehead atoms. The molecule has 1 aliphatic rings. The van der Waals surface area contributed by atoms with Crippen molar-refractivity contribution in [1.82, 2.24) is 0 Å². The Kier molecular flexibility index (Phi) is 4.00. The predicted molar refractivity (Wildman–Crippen MR) is 67.6 cm³/mol. The Bertz CT molecular complexity index is 643. The molecule has 1 aliphatic heterocycles. The van der Waals surface area contributed by atoms with Crippen molar-refractivity contribution in [2.45, 2.75) is 6.10 Å². The highest BCUT2D eigenvalue weighted by Crippen LogP contribution is 2.29. The quantitative estimate of drug-likeness (QED) is 0.656. The molecular formula is C12H10FN3O5. The monoisotopic (exact) mass is 295 g/mol. The van der Waals surface area contributed by atoms with Crippen molar-refractivity contribution in [3.8, 4) is 6.07 Å². The zero-order valence-electron chi connectivity index (χ0n) is 10.7. The van der Waals surface area contributed by atoms with Gasteiger partial charge in [-0.1, -0.05) is 0 Å². The summed E-state index contributed by atoms with van der Waals surface area (Å²) in [5, 5.41) is 28.6. The van der Waals surface area contributed by atoms with Crippen LogP contribution in [-0.4, -0.2) is 41.8 Å². The number of morpholine rings is 1. The Hall–Kier alpha value is -2.73. The van der Waals surface area contributed by atoms with Gasteiger partial charge in [-0.2, -0.15) is 5.26 Å². The third-order valence-electron chi connectivity index (χ3n) is 3.04. The Labute approximate surface area is 118 Å². The zero-order chi connectivity index (χ0) is 15.6. The van der Waals surface area contributed by atoms with Gasteiger partial charge in [0, 0.05) is 6.54 Å². The fourth-order valence-electron chi connectivity index (χ4n) is 2.06. The molecule has 1 saturated heterocycles. The Balaban J connectivity index is 2.45. The van der Waals surface area contributed by atoms with E-state index in [-0.39, 0.29) is 25.4 Å². The number of hydrogen-bond acceptors (Lipinski definition) is 6. The third-order valence-corrected chi connectivity index (χ3v) is 3.04. The first kappa shape index (κ1) is 14.7. The standard InChI is InChI=1S/C12H10FN3O5/c13-9-4-10(16(19)20)8(12(17)18)3-11(9)15-1-2-21-7(5-14)6-15/h3-4,7H,1-2,6H2,(H,17,18). The molecule has 8 nitrogen and oxygen atoms in total. The van der Waals surface area contributed by atoms with E-state index in [4.69, 9.17) is 15.1 Å². The van der Waals surface area contributed by atoms with E-state index < -0.39 is 34.1 Å². The van der Waals surface area contributed by atoms with Crippen LogP contribution in [0.2, 0.25) is 0 Å². The summed E-state index contributed by atoms with van der Waals surface area (Å²) >= 11 is 0. The number of hydrogen-bond donors (Lipinski definition) is 1. The van der Waals surface area contributed by atoms with Crippen molar-refractivity contribution >= 4 is 17.3 Å². The van der Waals surface area contributed by atoms with Gasteiger partial charge in [0.2, 0.25) is 0 Å². The number of nitro benzene ring substituents is 1. The maximum Gasteiger partial charge on any atom is 0.342 e. The number of aromatic carboxylic acids is 1. The number of nitriles is 1. The van der Waals surface area contributed by atoms with Crippen LogP contribution in [0.15, 0.2) is 12.1 Å². The number of ether oxygens (including phenoxy) is 1. The first-order chi connectivity index (χ1) is 9.93. The van der Waals surface area contributed by atoms with Crippen LogP contribution in [0.1, 0.15) is 10.4 Å². The topological polar surface area (TPSA) is 117 Å². The molecule has 2 rings (SSSR count). The predicted octanol–water partition coefficient (Wildman–Crippen LogP) is 1.16. The van der Waals surface area contributed by atoms with Gasteiger partial charge in [0.25, 0.3) is 5.69 Å². The molecule has 0 saturated carbocycles. The van der Waals surface area contributed by atoms with Crippen LogP contribution in [0.5, 0.6) is 0 Å².